The number of ether oxygens (including phenoxy) is 1. The summed E-state index contributed by atoms with van der Waals surface area (Å²) in [5.41, 5.74) is 10.7. The highest BCUT2D eigenvalue weighted by molar-refractivity contribution is 7.10. The predicted octanol–water partition coefficient (Wildman–Crippen LogP) is 4.54. The van der Waals surface area contributed by atoms with Crippen molar-refractivity contribution in [3.05, 3.63) is 73.8 Å². The van der Waals surface area contributed by atoms with Gasteiger partial charge in [0.05, 0.1) is 30.8 Å². The highest BCUT2D eigenvalue weighted by Crippen LogP contribution is 2.47. The van der Waals surface area contributed by atoms with E-state index in [1.165, 1.54) is 5.56 Å². The first kappa shape index (κ1) is 22.2. The third-order valence-electron chi connectivity index (χ3n) is 6.47. The van der Waals surface area contributed by atoms with Gasteiger partial charge in [0.25, 0.3) is 0 Å². The second kappa shape index (κ2) is 9.32. The van der Waals surface area contributed by atoms with Crippen LogP contribution in [0.1, 0.15) is 35.6 Å². The summed E-state index contributed by atoms with van der Waals surface area (Å²) in [6, 6.07) is 11.8. The largest absolute Gasteiger partial charge is 0.384 e. The summed E-state index contributed by atoms with van der Waals surface area (Å²) in [5.74, 6) is 0.0785. The second-order valence-corrected chi connectivity index (χ2v) is 9.92. The number of halogens is 1. The van der Waals surface area contributed by atoms with E-state index in [2.05, 4.69) is 22.4 Å². The van der Waals surface area contributed by atoms with Crippen LogP contribution in [0.5, 0.6) is 0 Å². The van der Waals surface area contributed by atoms with Gasteiger partial charge in [0.15, 0.2) is 5.78 Å². The minimum absolute atomic E-state index is 0.101. The summed E-state index contributed by atoms with van der Waals surface area (Å²) in [4.78, 5) is 18.5. The Kier molecular flexibility index (Phi) is 6.26. The number of carbonyl (C=O) groups excluding carboxylic acids is 1. The number of nitrogens with two attached hydrogens (primary N) is 1. The lowest BCUT2D eigenvalue weighted by molar-refractivity contribution is -0.116. The second-order valence-electron chi connectivity index (χ2n) is 8.54. The number of ketones is 1. The van der Waals surface area contributed by atoms with Crippen molar-refractivity contribution in [3.8, 4) is 6.07 Å². The molecule has 2 aromatic rings. The fraction of sp³-hybridized carbons (Fsp3) is 0.360. The lowest BCUT2D eigenvalue weighted by Crippen LogP contribution is -2.38. The van der Waals surface area contributed by atoms with Crippen LogP contribution in [0.2, 0.25) is 5.02 Å². The molecule has 1 atom stereocenters. The van der Waals surface area contributed by atoms with Crippen molar-refractivity contribution in [2.24, 2.45) is 5.73 Å². The van der Waals surface area contributed by atoms with Crippen molar-refractivity contribution in [3.63, 3.8) is 0 Å². The molecule has 0 saturated carbocycles. The Hall–Kier alpha value is -2.63. The number of thiophene rings is 1. The number of nitriles is 1. The normalized spacial score (nSPS) is 21.9. The number of nitrogens with zero attached hydrogens (tertiary/aromatic N) is 3. The molecule has 6 nitrogen and oxygen atoms in total. The van der Waals surface area contributed by atoms with E-state index in [1.807, 2.05) is 17.0 Å². The van der Waals surface area contributed by atoms with Gasteiger partial charge in [-0.25, -0.2) is 0 Å². The molecule has 0 radical (unpaired) electrons. The molecule has 0 spiro atoms. The van der Waals surface area contributed by atoms with E-state index < -0.39 is 5.92 Å². The van der Waals surface area contributed by atoms with Crippen LogP contribution in [-0.4, -0.2) is 37.0 Å². The van der Waals surface area contributed by atoms with E-state index >= 15 is 0 Å². The Bertz CT molecular complexity index is 1170. The van der Waals surface area contributed by atoms with Gasteiger partial charge in [-0.3, -0.25) is 14.6 Å². The molecule has 2 N–H and O–H groups in total. The minimum atomic E-state index is -0.412. The van der Waals surface area contributed by atoms with Crippen LogP contribution in [0.3, 0.4) is 0 Å². The number of anilines is 1. The van der Waals surface area contributed by atoms with Gasteiger partial charge >= 0.3 is 0 Å². The van der Waals surface area contributed by atoms with Gasteiger partial charge in [0.2, 0.25) is 0 Å². The van der Waals surface area contributed by atoms with Crippen molar-refractivity contribution < 1.29 is 9.53 Å². The minimum Gasteiger partial charge on any atom is -0.384 e. The maximum atomic E-state index is 13.2. The van der Waals surface area contributed by atoms with Crippen molar-refractivity contribution >= 4 is 34.4 Å². The van der Waals surface area contributed by atoms with E-state index in [4.69, 9.17) is 22.1 Å². The number of benzene rings is 1. The molecule has 170 valence electrons. The highest BCUT2D eigenvalue weighted by atomic mass is 35.5. The van der Waals surface area contributed by atoms with E-state index in [1.54, 1.807) is 23.5 Å². The fourth-order valence-electron chi connectivity index (χ4n) is 4.90. The molecule has 8 heteroatoms. The lowest BCUT2D eigenvalue weighted by Gasteiger charge is -2.39. The average Bonchev–Trinajstić information content (AvgIpc) is 3.28. The molecule has 3 heterocycles. The van der Waals surface area contributed by atoms with Gasteiger partial charge in [-0.15, -0.1) is 11.3 Å². The number of hydrogen-bond acceptors (Lipinski definition) is 7. The zero-order valence-corrected chi connectivity index (χ0v) is 19.8. The average molecular weight is 481 g/mol. The van der Waals surface area contributed by atoms with Gasteiger partial charge in [0, 0.05) is 52.9 Å². The third kappa shape index (κ3) is 4.20. The van der Waals surface area contributed by atoms with Gasteiger partial charge in [-0.1, -0.05) is 11.6 Å². The van der Waals surface area contributed by atoms with Gasteiger partial charge in [-0.2, -0.15) is 5.26 Å². The Balaban J connectivity index is 1.56. The molecule has 1 fully saturated rings. The maximum Gasteiger partial charge on any atom is 0.161 e. The van der Waals surface area contributed by atoms with Crippen molar-refractivity contribution in [1.29, 1.82) is 5.26 Å². The molecule has 33 heavy (non-hydrogen) atoms. The Labute approximate surface area is 202 Å². The molecule has 1 unspecified atom stereocenters. The van der Waals surface area contributed by atoms with Crippen molar-refractivity contribution in [2.75, 3.05) is 31.2 Å². The smallest absolute Gasteiger partial charge is 0.161 e. The van der Waals surface area contributed by atoms with Crippen molar-refractivity contribution in [1.82, 2.24) is 4.90 Å². The molecule has 1 aliphatic carbocycles. The molecule has 5 rings (SSSR count). The Morgan fingerprint density at radius 2 is 1.97 bits per heavy atom. The van der Waals surface area contributed by atoms with E-state index in [0.717, 1.165) is 62.0 Å². The summed E-state index contributed by atoms with van der Waals surface area (Å²) in [6.07, 6.45) is 2.01. The van der Waals surface area contributed by atoms with Crippen LogP contribution < -0.4 is 10.6 Å². The summed E-state index contributed by atoms with van der Waals surface area (Å²) >= 11 is 7.69. The third-order valence-corrected chi connectivity index (χ3v) is 7.76. The molecule has 1 saturated heterocycles. The molecule has 1 aromatic carbocycles. The van der Waals surface area contributed by atoms with Crippen LogP contribution in [0, 0.1) is 11.3 Å². The van der Waals surface area contributed by atoms with Crippen LogP contribution in [0.15, 0.2) is 58.4 Å². The summed E-state index contributed by atoms with van der Waals surface area (Å²) in [7, 11) is 0. The van der Waals surface area contributed by atoms with E-state index in [0.29, 0.717) is 28.4 Å². The molecule has 1 aromatic heterocycles. The topological polar surface area (TPSA) is 82.6 Å². The van der Waals surface area contributed by atoms with Crippen LogP contribution in [0.25, 0.3) is 0 Å². The monoisotopic (exact) mass is 480 g/mol. The first-order valence-corrected chi connectivity index (χ1v) is 12.4. The van der Waals surface area contributed by atoms with Gasteiger partial charge in [0.1, 0.15) is 5.82 Å². The zero-order chi connectivity index (χ0) is 22.9. The molecule has 3 aliphatic rings. The van der Waals surface area contributed by atoms with E-state index in [9.17, 15) is 10.1 Å². The highest BCUT2D eigenvalue weighted by Gasteiger charge is 2.40. The van der Waals surface area contributed by atoms with Crippen LogP contribution in [-0.2, 0) is 16.1 Å². The quantitative estimate of drug-likeness (QED) is 0.691. The number of rotatable bonds is 4. The van der Waals surface area contributed by atoms with Gasteiger partial charge < -0.3 is 10.5 Å². The van der Waals surface area contributed by atoms with Crippen LogP contribution in [0.4, 0.5) is 5.69 Å². The summed E-state index contributed by atoms with van der Waals surface area (Å²) in [6.45, 7) is 4.17. The maximum absolute atomic E-state index is 13.2. The Morgan fingerprint density at radius 3 is 2.70 bits per heavy atom. The first-order chi connectivity index (χ1) is 16.1. The first-order valence-electron chi connectivity index (χ1n) is 11.2. The SMILES string of the molecule is N#CC1=C(N)N(c2ccc(Cl)cc2)C2=C(C(=O)CCC2)C1c1cc(CN2CCOCC2)cs1. The molecule has 0 bridgehead atoms. The predicted molar refractivity (Wildman–Crippen MR) is 130 cm³/mol. The van der Waals surface area contributed by atoms with E-state index in [-0.39, 0.29) is 5.78 Å². The van der Waals surface area contributed by atoms with Crippen molar-refractivity contribution in [2.45, 2.75) is 31.7 Å². The summed E-state index contributed by atoms with van der Waals surface area (Å²) < 4.78 is 5.45. The summed E-state index contributed by atoms with van der Waals surface area (Å²) in [5, 5.41) is 12.9. The number of allylic oxidation sites excluding steroid dienone is 3. The zero-order valence-electron chi connectivity index (χ0n) is 18.2. The number of morpholine rings is 1. The molecular weight excluding hydrogens is 456 g/mol. The molecular formula is C25H25ClN4O2S. The Morgan fingerprint density at radius 1 is 1.21 bits per heavy atom. The lowest BCUT2D eigenvalue weighted by atomic mass is 9.78. The van der Waals surface area contributed by atoms with Crippen LogP contribution >= 0.6 is 22.9 Å². The standard InChI is InChI=1S/C25H25ClN4O2S/c26-17-4-6-18(7-5-17)30-20-2-1-3-21(31)24(20)23(19(13-27)25(30)28)22-12-16(15-33-22)14-29-8-10-32-11-9-29/h4-7,12,15,23H,1-3,8-11,14,28H2. The number of carbonyl (C=O) groups is 1. The number of hydrogen-bond donors (Lipinski definition) is 1. The molecule has 2 aliphatic heterocycles. The number of Topliss-reactive ketones (excluding diaryl/α,β-unsaturated/α-hetero) is 1. The fourth-order valence-corrected chi connectivity index (χ4v) is 6.05. The van der Waals surface area contributed by atoms with Gasteiger partial charge in [-0.05, 0) is 54.1 Å². The molecule has 0 amide bonds.